The van der Waals surface area contributed by atoms with Crippen LogP contribution in [0.5, 0.6) is 0 Å². The number of fused-ring (bicyclic) bond motifs is 1. The molecule has 27 heavy (non-hydrogen) atoms. The van der Waals surface area contributed by atoms with Crippen molar-refractivity contribution in [3.05, 3.63) is 54.1 Å². The van der Waals surface area contributed by atoms with Crippen molar-refractivity contribution in [2.75, 3.05) is 16.8 Å². The molecule has 0 aliphatic carbocycles. The summed E-state index contributed by atoms with van der Waals surface area (Å²) >= 11 is 1.56. The van der Waals surface area contributed by atoms with E-state index in [1.807, 2.05) is 19.1 Å². The minimum atomic E-state index is -4.49. The molecule has 0 spiro atoms. The van der Waals surface area contributed by atoms with Crippen LogP contribution in [-0.4, -0.2) is 23.6 Å². The van der Waals surface area contributed by atoms with Gasteiger partial charge in [0.2, 0.25) is 11.8 Å². The molecule has 142 valence electrons. The Balaban J connectivity index is 1.78. The third-order valence-electron chi connectivity index (χ3n) is 4.02. The van der Waals surface area contributed by atoms with Crippen LogP contribution in [0.1, 0.15) is 18.9 Å². The van der Waals surface area contributed by atoms with E-state index in [-0.39, 0.29) is 29.8 Å². The van der Waals surface area contributed by atoms with E-state index < -0.39 is 17.6 Å². The number of halogens is 3. The van der Waals surface area contributed by atoms with Gasteiger partial charge in [-0.25, -0.2) is 0 Å². The maximum Gasteiger partial charge on any atom is 0.416 e. The summed E-state index contributed by atoms with van der Waals surface area (Å²) in [6.45, 7) is 1.67. The van der Waals surface area contributed by atoms with Crippen LogP contribution in [0.25, 0.3) is 0 Å². The molecule has 0 radical (unpaired) electrons. The van der Waals surface area contributed by atoms with Crippen LogP contribution in [0.2, 0.25) is 0 Å². The van der Waals surface area contributed by atoms with Crippen LogP contribution >= 0.6 is 11.8 Å². The SMILES string of the molecule is CC1CC(=O)N(CC(=O)Nc2cccc(C(F)(F)F)c2)c2ccccc2S1. The van der Waals surface area contributed by atoms with Gasteiger partial charge in [0.15, 0.2) is 0 Å². The Bertz CT molecular complexity index is 870. The minimum absolute atomic E-state index is 0.0353. The molecule has 1 unspecified atom stereocenters. The summed E-state index contributed by atoms with van der Waals surface area (Å²) in [5.74, 6) is -0.754. The highest BCUT2D eigenvalue weighted by Gasteiger charge is 2.31. The molecular formula is C19H17F3N2O2S. The third kappa shape index (κ3) is 4.63. The summed E-state index contributed by atoms with van der Waals surface area (Å²) in [6.07, 6.45) is -4.22. The van der Waals surface area contributed by atoms with E-state index in [4.69, 9.17) is 0 Å². The molecule has 8 heteroatoms. The molecule has 0 saturated heterocycles. The second-order valence-corrected chi connectivity index (χ2v) is 7.69. The van der Waals surface area contributed by atoms with E-state index >= 15 is 0 Å². The standard InChI is InChI=1S/C19H17F3N2O2S/c1-12-9-18(26)24(15-7-2-3-8-16(15)27-12)11-17(25)23-14-6-4-5-13(10-14)19(20,21)22/h2-8,10,12H,9,11H2,1H3,(H,23,25). The Morgan fingerprint density at radius 2 is 1.96 bits per heavy atom. The fourth-order valence-corrected chi connectivity index (χ4v) is 3.93. The molecule has 1 heterocycles. The van der Waals surface area contributed by atoms with Crippen molar-refractivity contribution < 1.29 is 22.8 Å². The number of hydrogen-bond donors (Lipinski definition) is 1. The number of thioether (sulfide) groups is 1. The zero-order valence-corrected chi connectivity index (χ0v) is 15.2. The fourth-order valence-electron chi connectivity index (χ4n) is 2.82. The van der Waals surface area contributed by atoms with Crippen molar-refractivity contribution >= 4 is 35.0 Å². The molecule has 2 aromatic rings. The lowest BCUT2D eigenvalue weighted by Gasteiger charge is -2.22. The Morgan fingerprint density at radius 1 is 1.22 bits per heavy atom. The van der Waals surface area contributed by atoms with Crippen molar-refractivity contribution in [2.45, 2.75) is 29.7 Å². The molecule has 2 amide bonds. The average Bonchev–Trinajstić information content (AvgIpc) is 2.70. The highest BCUT2D eigenvalue weighted by atomic mass is 32.2. The Hall–Kier alpha value is -2.48. The maximum atomic E-state index is 12.8. The lowest BCUT2D eigenvalue weighted by molar-refractivity contribution is -0.137. The van der Waals surface area contributed by atoms with Gasteiger partial charge in [-0.2, -0.15) is 13.2 Å². The molecule has 1 N–H and O–H groups in total. The number of para-hydroxylation sites is 1. The van der Waals surface area contributed by atoms with Gasteiger partial charge in [-0.1, -0.05) is 25.1 Å². The Labute approximate surface area is 158 Å². The van der Waals surface area contributed by atoms with Gasteiger partial charge in [-0.3, -0.25) is 9.59 Å². The number of anilines is 2. The van der Waals surface area contributed by atoms with Crippen LogP contribution in [0.4, 0.5) is 24.5 Å². The van der Waals surface area contributed by atoms with E-state index in [0.717, 1.165) is 17.0 Å². The second kappa shape index (κ2) is 7.64. The maximum absolute atomic E-state index is 12.8. The molecule has 1 aliphatic rings. The number of benzene rings is 2. The van der Waals surface area contributed by atoms with Crippen molar-refractivity contribution in [1.82, 2.24) is 0 Å². The molecule has 4 nitrogen and oxygen atoms in total. The third-order valence-corrected chi connectivity index (χ3v) is 5.19. The highest BCUT2D eigenvalue weighted by Crippen LogP contribution is 2.37. The van der Waals surface area contributed by atoms with E-state index in [1.54, 1.807) is 23.9 Å². The van der Waals surface area contributed by atoms with Gasteiger partial charge >= 0.3 is 6.18 Å². The van der Waals surface area contributed by atoms with Gasteiger partial charge in [-0.15, -0.1) is 11.8 Å². The number of carbonyl (C=O) groups is 2. The van der Waals surface area contributed by atoms with Crippen LogP contribution in [-0.2, 0) is 15.8 Å². The first kappa shape index (κ1) is 19.3. The summed E-state index contributed by atoms with van der Waals surface area (Å²) in [5, 5.41) is 2.51. The number of hydrogen-bond acceptors (Lipinski definition) is 3. The minimum Gasteiger partial charge on any atom is -0.325 e. The summed E-state index contributed by atoms with van der Waals surface area (Å²) in [6, 6.07) is 11.7. The number of amides is 2. The van der Waals surface area contributed by atoms with Crippen molar-refractivity contribution in [1.29, 1.82) is 0 Å². The molecule has 3 rings (SSSR count). The number of rotatable bonds is 3. The normalized spacial score (nSPS) is 17.3. The predicted octanol–water partition coefficient (Wildman–Crippen LogP) is 4.56. The van der Waals surface area contributed by atoms with Gasteiger partial charge in [0.1, 0.15) is 6.54 Å². The van der Waals surface area contributed by atoms with Crippen molar-refractivity contribution in [3.8, 4) is 0 Å². The van der Waals surface area contributed by atoms with Crippen molar-refractivity contribution in [3.63, 3.8) is 0 Å². The van der Waals surface area contributed by atoms with Crippen LogP contribution in [0, 0.1) is 0 Å². The molecule has 1 aliphatic heterocycles. The van der Waals surface area contributed by atoms with E-state index in [0.29, 0.717) is 5.69 Å². The second-order valence-electron chi connectivity index (χ2n) is 6.21. The summed E-state index contributed by atoms with van der Waals surface area (Å²) < 4.78 is 38.4. The van der Waals surface area contributed by atoms with Crippen LogP contribution < -0.4 is 10.2 Å². The topological polar surface area (TPSA) is 49.4 Å². The largest absolute Gasteiger partial charge is 0.416 e. The number of carbonyl (C=O) groups excluding carboxylic acids is 2. The van der Waals surface area contributed by atoms with Crippen LogP contribution in [0.15, 0.2) is 53.4 Å². The monoisotopic (exact) mass is 394 g/mol. The first-order valence-corrected chi connectivity index (χ1v) is 9.15. The van der Waals surface area contributed by atoms with Crippen molar-refractivity contribution in [2.24, 2.45) is 0 Å². The average molecular weight is 394 g/mol. The van der Waals surface area contributed by atoms with Crippen LogP contribution in [0.3, 0.4) is 0 Å². The fraction of sp³-hybridized carbons (Fsp3) is 0.263. The van der Waals surface area contributed by atoms with E-state index in [9.17, 15) is 22.8 Å². The molecule has 0 aromatic heterocycles. The molecule has 0 bridgehead atoms. The number of nitrogens with one attached hydrogen (secondary N) is 1. The van der Waals surface area contributed by atoms with E-state index in [2.05, 4.69) is 5.32 Å². The Kier molecular flexibility index (Phi) is 5.46. The Morgan fingerprint density at radius 3 is 2.70 bits per heavy atom. The van der Waals surface area contributed by atoms with Gasteiger partial charge in [0, 0.05) is 22.3 Å². The molecule has 0 saturated carbocycles. The van der Waals surface area contributed by atoms with Gasteiger partial charge in [-0.05, 0) is 30.3 Å². The smallest absolute Gasteiger partial charge is 0.325 e. The van der Waals surface area contributed by atoms with Gasteiger partial charge in [0.05, 0.1) is 11.3 Å². The predicted molar refractivity (Wildman–Crippen MR) is 98.8 cm³/mol. The quantitative estimate of drug-likeness (QED) is 0.830. The zero-order valence-electron chi connectivity index (χ0n) is 14.4. The lowest BCUT2D eigenvalue weighted by Crippen LogP contribution is -2.38. The van der Waals surface area contributed by atoms with E-state index in [1.165, 1.54) is 17.0 Å². The molecular weight excluding hydrogens is 377 g/mol. The molecule has 0 fully saturated rings. The first-order chi connectivity index (χ1) is 12.7. The lowest BCUT2D eigenvalue weighted by atomic mass is 10.2. The van der Waals surface area contributed by atoms with Gasteiger partial charge in [0.25, 0.3) is 0 Å². The summed E-state index contributed by atoms with van der Waals surface area (Å²) in [5.41, 5.74) is -0.175. The number of nitrogens with zero attached hydrogens (tertiary/aromatic N) is 1. The highest BCUT2D eigenvalue weighted by molar-refractivity contribution is 8.00. The first-order valence-electron chi connectivity index (χ1n) is 8.27. The zero-order chi connectivity index (χ0) is 19.6. The summed E-state index contributed by atoms with van der Waals surface area (Å²) in [7, 11) is 0. The summed E-state index contributed by atoms with van der Waals surface area (Å²) in [4.78, 5) is 27.2. The molecule has 2 aromatic carbocycles. The molecule has 1 atom stereocenters. The number of alkyl halides is 3. The van der Waals surface area contributed by atoms with Gasteiger partial charge < -0.3 is 10.2 Å².